The number of rotatable bonds is 7. The van der Waals surface area contributed by atoms with Crippen LogP contribution in [0.25, 0.3) is 0 Å². The molecule has 2 heterocycles. The smallest absolute Gasteiger partial charge is 0.221 e. The Hall–Kier alpha value is -2.14. The standard InChI is InChI=1S/C23H35N7O.HI/c1-16-21(17(2)29(4)28-16)13-27-23(25-3)26-12-18-7-5-8-19(11-18)14-30-10-6-9-20(15-30)22(24)31;/h5,7-8,11,20H,6,9-10,12-15H2,1-4H3,(H2,24,31)(H2,25,26,27);1H. The number of hydrogen-bond donors (Lipinski definition) is 3. The molecule has 2 aromatic rings. The maximum Gasteiger partial charge on any atom is 0.221 e. The summed E-state index contributed by atoms with van der Waals surface area (Å²) in [7, 11) is 3.74. The zero-order chi connectivity index (χ0) is 22.4. The second-order valence-corrected chi connectivity index (χ2v) is 8.35. The lowest BCUT2D eigenvalue weighted by Gasteiger charge is -2.31. The zero-order valence-corrected chi connectivity index (χ0v) is 21.8. The summed E-state index contributed by atoms with van der Waals surface area (Å²) >= 11 is 0. The Morgan fingerprint density at radius 3 is 2.62 bits per heavy atom. The minimum atomic E-state index is -0.182. The van der Waals surface area contributed by atoms with Crippen molar-refractivity contribution in [1.82, 2.24) is 25.3 Å². The summed E-state index contributed by atoms with van der Waals surface area (Å²) in [6.45, 7) is 8.07. The molecule has 3 rings (SSSR count). The number of amides is 1. The van der Waals surface area contributed by atoms with E-state index in [0.717, 1.165) is 49.8 Å². The number of nitrogens with one attached hydrogen (secondary N) is 2. The number of guanidine groups is 1. The number of carbonyl (C=O) groups is 1. The molecule has 1 aliphatic rings. The van der Waals surface area contributed by atoms with Gasteiger partial charge in [0.05, 0.1) is 11.6 Å². The molecule has 0 bridgehead atoms. The largest absolute Gasteiger partial charge is 0.369 e. The summed E-state index contributed by atoms with van der Waals surface area (Å²) in [6, 6.07) is 8.55. The molecule has 1 amide bonds. The van der Waals surface area contributed by atoms with Gasteiger partial charge in [0.15, 0.2) is 5.96 Å². The maximum absolute atomic E-state index is 11.5. The van der Waals surface area contributed by atoms with Crippen molar-refractivity contribution in [3.8, 4) is 0 Å². The number of piperidine rings is 1. The topological polar surface area (TPSA) is 101 Å². The van der Waals surface area contributed by atoms with Gasteiger partial charge in [-0.1, -0.05) is 24.3 Å². The van der Waals surface area contributed by atoms with Crippen LogP contribution in [-0.4, -0.2) is 46.7 Å². The Morgan fingerprint density at radius 2 is 1.97 bits per heavy atom. The summed E-state index contributed by atoms with van der Waals surface area (Å²) in [5.41, 5.74) is 11.3. The van der Waals surface area contributed by atoms with Gasteiger partial charge in [0.2, 0.25) is 5.91 Å². The molecular formula is C23H36IN7O. The lowest BCUT2D eigenvalue weighted by molar-refractivity contribution is -0.123. The Balaban J connectivity index is 0.00000363. The van der Waals surface area contributed by atoms with Gasteiger partial charge in [0.25, 0.3) is 0 Å². The first-order valence-corrected chi connectivity index (χ1v) is 10.9. The fourth-order valence-corrected chi connectivity index (χ4v) is 4.18. The van der Waals surface area contributed by atoms with Gasteiger partial charge in [-0.2, -0.15) is 5.10 Å². The first-order valence-electron chi connectivity index (χ1n) is 10.9. The van der Waals surface area contributed by atoms with Crippen LogP contribution in [0, 0.1) is 19.8 Å². The van der Waals surface area contributed by atoms with Crippen LogP contribution in [-0.2, 0) is 31.5 Å². The highest BCUT2D eigenvalue weighted by Crippen LogP contribution is 2.19. The lowest BCUT2D eigenvalue weighted by atomic mass is 9.97. The van der Waals surface area contributed by atoms with Crippen molar-refractivity contribution in [3.05, 3.63) is 52.3 Å². The van der Waals surface area contributed by atoms with Crippen LogP contribution in [0.4, 0.5) is 0 Å². The predicted octanol–water partition coefficient (Wildman–Crippen LogP) is 2.22. The Kier molecular flexibility index (Phi) is 9.95. The van der Waals surface area contributed by atoms with Crippen molar-refractivity contribution in [1.29, 1.82) is 0 Å². The lowest BCUT2D eigenvalue weighted by Crippen LogP contribution is -2.40. The molecule has 32 heavy (non-hydrogen) atoms. The average molecular weight is 553 g/mol. The van der Waals surface area contributed by atoms with Crippen LogP contribution >= 0.6 is 24.0 Å². The van der Waals surface area contributed by atoms with Crippen LogP contribution in [0.15, 0.2) is 29.3 Å². The van der Waals surface area contributed by atoms with E-state index in [1.165, 1.54) is 16.7 Å². The number of nitrogens with zero attached hydrogens (tertiary/aromatic N) is 4. The van der Waals surface area contributed by atoms with Gasteiger partial charge in [0, 0.05) is 51.5 Å². The van der Waals surface area contributed by atoms with Crippen LogP contribution in [0.2, 0.25) is 0 Å². The average Bonchev–Trinajstić information content (AvgIpc) is 3.00. The number of primary amides is 1. The van der Waals surface area contributed by atoms with E-state index in [2.05, 4.69) is 56.8 Å². The van der Waals surface area contributed by atoms with Crippen molar-refractivity contribution in [2.75, 3.05) is 20.1 Å². The second-order valence-electron chi connectivity index (χ2n) is 8.35. The van der Waals surface area contributed by atoms with Crippen LogP contribution < -0.4 is 16.4 Å². The molecule has 0 aliphatic carbocycles. The summed E-state index contributed by atoms with van der Waals surface area (Å²) in [5.74, 6) is 0.548. The molecule has 0 radical (unpaired) electrons. The number of aromatic nitrogens is 2. The third-order valence-electron chi connectivity index (χ3n) is 6.08. The molecule has 1 unspecified atom stereocenters. The van der Waals surface area contributed by atoms with E-state index >= 15 is 0 Å². The molecule has 1 atom stereocenters. The van der Waals surface area contributed by atoms with E-state index in [4.69, 9.17) is 5.73 Å². The van der Waals surface area contributed by atoms with Gasteiger partial charge in [0.1, 0.15) is 0 Å². The van der Waals surface area contributed by atoms with E-state index in [0.29, 0.717) is 13.1 Å². The summed E-state index contributed by atoms with van der Waals surface area (Å²) < 4.78 is 1.90. The number of nitrogens with two attached hydrogens (primary N) is 1. The molecule has 0 spiro atoms. The summed E-state index contributed by atoms with van der Waals surface area (Å²) in [6.07, 6.45) is 1.92. The highest BCUT2D eigenvalue weighted by atomic mass is 127. The maximum atomic E-state index is 11.5. The van der Waals surface area contributed by atoms with E-state index in [9.17, 15) is 4.79 Å². The van der Waals surface area contributed by atoms with Crippen LogP contribution in [0.5, 0.6) is 0 Å². The van der Waals surface area contributed by atoms with E-state index < -0.39 is 0 Å². The van der Waals surface area contributed by atoms with Crippen molar-refractivity contribution in [3.63, 3.8) is 0 Å². The molecule has 1 aromatic heterocycles. The fraction of sp³-hybridized carbons (Fsp3) is 0.522. The van der Waals surface area contributed by atoms with Crippen molar-refractivity contribution in [2.24, 2.45) is 23.7 Å². The molecule has 176 valence electrons. The summed E-state index contributed by atoms with van der Waals surface area (Å²) in [4.78, 5) is 18.2. The highest BCUT2D eigenvalue weighted by Gasteiger charge is 2.23. The Morgan fingerprint density at radius 1 is 1.25 bits per heavy atom. The first kappa shape index (κ1) is 26.1. The van der Waals surface area contributed by atoms with Crippen molar-refractivity contribution in [2.45, 2.75) is 46.3 Å². The number of halogens is 1. The third-order valence-corrected chi connectivity index (χ3v) is 6.08. The third kappa shape index (κ3) is 6.93. The monoisotopic (exact) mass is 553 g/mol. The molecule has 1 saturated heterocycles. The van der Waals surface area contributed by atoms with Crippen molar-refractivity contribution < 1.29 is 4.79 Å². The second kappa shape index (κ2) is 12.2. The first-order chi connectivity index (χ1) is 14.9. The van der Waals surface area contributed by atoms with Gasteiger partial charge in [-0.15, -0.1) is 24.0 Å². The molecule has 1 fully saturated rings. The van der Waals surface area contributed by atoms with Gasteiger partial charge >= 0.3 is 0 Å². The van der Waals surface area contributed by atoms with E-state index in [1.54, 1.807) is 7.05 Å². The van der Waals surface area contributed by atoms with Crippen LogP contribution in [0.1, 0.15) is 40.9 Å². The Labute approximate surface area is 208 Å². The van der Waals surface area contributed by atoms with E-state index in [1.807, 2.05) is 18.7 Å². The molecule has 8 nitrogen and oxygen atoms in total. The number of aliphatic imine (C=N–C) groups is 1. The molecule has 9 heteroatoms. The minimum absolute atomic E-state index is 0. The van der Waals surface area contributed by atoms with E-state index in [-0.39, 0.29) is 35.8 Å². The zero-order valence-electron chi connectivity index (χ0n) is 19.5. The number of aryl methyl sites for hydroxylation is 2. The normalized spacial score (nSPS) is 17.0. The highest BCUT2D eigenvalue weighted by molar-refractivity contribution is 14.0. The molecular weight excluding hydrogens is 517 g/mol. The SMILES string of the molecule is CN=C(NCc1cccc(CN2CCCC(C(N)=O)C2)c1)NCc1c(C)nn(C)c1C.I. The molecule has 1 aliphatic heterocycles. The summed E-state index contributed by atoms with van der Waals surface area (Å²) in [5, 5.41) is 11.2. The molecule has 1 aromatic carbocycles. The van der Waals surface area contributed by atoms with Gasteiger partial charge in [-0.05, 0) is 44.4 Å². The number of benzene rings is 1. The van der Waals surface area contributed by atoms with Crippen molar-refractivity contribution >= 4 is 35.8 Å². The van der Waals surface area contributed by atoms with Crippen LogP contribution in [0.3, 0.4) is 0 Å². The van der Waals surface area contributed by atoms with Gasteiger partial charge < -0.3 is 16.4 Å². The predicted molar refractivity (Wildman–Crippen MR) is 139 cm³/mol. The van der Waals surface area contributed by atoms with Gasteiger partial charge in [-0.3, -0.25) is 19.4 Å². The number of hydrogen-bond acceptors (Lipinski definition) is 4. The fourth-order valence-electron chi connectivity index (χ4n) is 4.18. The minimum Gasteiger partial charge on any atom is -0.369 e. The van der Waals surface area contributed by atoms with Gasteiger partial charge in [-0.25, -0.2) is 0 Å². The Bertz CT molecular complexity index is 940. The molecule has 4 N–H and O–H groups in total. The number of carbonyl (C=O) groups excluding carboxylic acids is 1. The quantitative estimate of drug-likeness (QED) is 0.278. The number of likely N-dealkylation sites (tertiary alicyclic amines) is 1. The molecule has 0 saturated carbocycles.